The molecule has 0 bridgehead atoms. The summed E-state index contributed by atoms with van der Waals surface area (Å²) in [5.41, 5.74) is 0. The summed E-state index contributed by atoms with van der Waals surface area (Å²) < 4.78 is 15.5. The standard InChI is InChI=1S/C23H27FO4S/c24-18-14-20(26)17(16(18)8-3-1-2-4-10-23(27)28)11-12-19(25)22-13-15-7-5-6-9-21(15)29-22/h5-7,9,11-13,16-19,25H,1-4,8,10,14H2,(H,27,28)/b12-11+/t16-,17-,18+,19-/m1/s1. The van der Waals surface area contributed by atoms with Gasteiger partial charge in [-0.3, -0.25) is 9.59 Å². The maximum Gasteiger partial charge on any atom is 0.303 e. The van der Waals surface area contributed by atoms with Crippen molar-refractivity contribution in [1.29, 1.82) is 0 Å². The van der Waals surface area contributed by atoms with Gasteiger partial charge in [0.25, 0.3) is 0 Å². The molecule has 1 aromatic heterocycles. The fourth-order valence-corrected chi connectivity index (χ4v) is 5.06. The molecule has 0 amide bonds. The van der Waals surface area contributed by atoms with Gasteiger partial charge in [0, 0.05) is 34.3 Å². The highest BCUT2D eigenvalue weighted by Gasteiger charge is 2.40. The number of carboxylic acid groups (broad SMARTS) is 1. The maximum atomic E-state index is 14.4. The van der Waals surface area contributed by atoms with Gasteiger partial charge in [-0.25, -0.2) is 4.39 Å². The SMILES string of the molecule is O=C(O)CCCCCC[C@H]1[C@@H](F)CC(=O)[C@@H]1/C=C/[C@@H](O)c1cc2ccccc2s1. The third-order valence-electron chi connectivity index (χ3n) is 5.61. The van der Waals surface area contributed by atoms with Gasteiger partial charge < -0.3 is 10.2 Å². The summed E-state index contributed by atoms with van der Waals surface area (Å²) in [4.78, 5) is 23.6. The number of hydrogen-bond donors (Lipinski definition) is 2. The number of hydrogen-bond acceptors (Lipinski definition) is 4. The molecule has 6 heteroatoms. The quantitative estimate of drug-likeness (QED) is 0.397. The van der Waals surface area contributed by atoms with E-state index in [4.69, 9.17) is 5.11 Å². The van der Waals surface area contributed by atoms with Crippen LogP contribution in [0.5, 0.6) is 0 Å². The largest absolute Gasteiger partial charge is 0.481 e. The van der Waals surface area contributed by atoms with Gasteiger partial charge >= 0.3 is 5.97 Å². The molecule has 0 unspecified atom stereocenters. The number of rotatable bonds is 10. The Bertz CT molecular complexity index is 842. The van der Waals surface area contributed by atoms with E-state index in [1.807, 2.05) is 30.3 Å². The lowest BCUT2D eigenvalue weighted by molar-refractivity contribution is -0.137. The van der Waals surface area contributed by atoms with Gasteiger partial charge in [0.2, 0.25) is 0 Å². The van der Waals surface area contributed by atoms with Gasteiger partial charge in [-0.1, -0.05) is 49.6 Å². The third-order valence-corrected chi connectivity index (χ3v) is 6.80. The topological polar surface area (TPSA) is 74.6 Å². The second-order valence-corrected chi connectivity index (χ2v) is 8.85. The van der Waals surface area contributed by atoms with Crippen molar-refractivity contribution in [2.75, 3.05) is 0 Å². The summed E-state index contributed by atoms with van der Waals surface area (Å²) in [6, 6.07) is 9.84. The smallest absolute Gasteiger partial charge is 0.303 e. The highest BCUT2D eigenvalue weighted by molar-refractivity contribution is 7.19. The molecule has 3 rings (SSSR count). The van der Waals surface area contributed by atoms with Crippen molar-refractivity contribution in [3.8, 4) is 0 Å². The molecule has 0 aliphatic heterocycles. The van der Waals surface area contributed by atoms with Crippen molar-refractivity contribution in [3.05, 3.63) is 47.4 Å². The average Bonchev–Trinajstić information content (AvgIpc) is 3.23. The number of alkyl halides is 1. The Morgan fingerprint density at radius 2 is 2.00 bits per heavy atom. The number of ketones is 1. The summed E-state index contributed by atoms with van der Waals surface area (Å²) in [7, 11) is 0. The molecule has 4 nitrogen and oxygen atoms in total. The molecule has 29 heavy (non-hydrogen) atoms. The van der Waals surface area contributed by atoms with Crippen LogP contribution < -0.4 is 0 Å². The molecule has 4 atom stereocenters. The van der Waals surface area contributed by atoms with Gasteiger partial charge in [0.1, 0.15) is 18.1 Å². The zero-order valence-corrected chi connectivity index (χ0v) is 17.1. The molecule has 1 aliphatic rings. The van der Waals surface area contributed by atoms with Crippen LogP contribution in [0, 0.1) is 11.8 Å². The van der Waals surface area contributed by atoms with E-state index in [0.29, 0.717) is 12.8 Å². The Morgan fingerprint density at radius 3 is 2.76 bits per heavy atom. The molecule has 1 aromatic carbocycles. The van der Waals surface area contributed by atoms with E-state index in [2.05, 4.69) is 0 Å². The minimum Gasteiger partial charge on any atom is -0.481 e. The second-order valence-electron chi connectivity index (χ2n) is 7.74. The molecule has 0 spiro atoms. The van der Waals surface area contributed by atoms with Crippen molar-refractivity contribution in [1.82, 2.24) is 0 Å². The fraction of sp³-hybridized carbons (Fsp3) is 0.478. The predicted octanol–water partition coefficient (Wildman–Crippen LogP) is 5.46. The third kappa shape index (κ3) is 5.73. The van der Waals surface area contributed by atoms with Crippen molar-refractivity contribution >= 4 is 33.2 Å². The number of unbranched alkanes of at least 4 members (excludes halogenated alkanes) is 3. The Kier molecular flexibility index (Phi) is 7.56. The molecule has 2 aromatic rings. The molecular formula is C23H27FO4S. The number of halogens is 1. The Labute approximate surface area is 174 Å². The van der Waals surface area contributed by atoms with Crippen LogP contribution in [-0.4, -0.2) is 28.1 Å². The first-order valence-corrected chi connectivity index (χ1v) is 11.0. The number of carboxylic acids is 1. The first-order valence-electron chi connectivity index (χ1n) is 10.2. The van der Waals surface area contributed by atoms with E-state index in [9.17, 15) is 19.1 Å². The van der Waals surface area contributed by atoms with Crippen molar-refractivity contribution in [3.63, 3.8) is 0 Å². The van der Waals surface area contributed by atoms with Crippen LogP contribution in [0.4, 0.5) is 4.39 Å². The normalized spacial score (nSPS) is 23.2. The van der Waals surface area contributed by atoms with Gasteiger partial charge in [-0.2, -0.15) is 0 Å². The summed E-state index contributed by atoms with van der Waals surface area (Å²) in [6.07, 6.45) is 5.11. The van der Waals surface area contributed by atoms with Crippen molar-refractivity contribution in [2.45, 2.75) is 57.2 Å². The van der Waals surface area contributed by atoms with Crippen LogP contribution in [0.2, 0.25) is 0 Å². The van der Waals surface area contributed by atoms with Gasteiger partial charge in [-0.15, -0.1) is 11.3 Å². The van der Waals surface area contributed by atoms with Gasteiger partial charge in [0.15, 0.2) is 0 Å². The second kappa shape index (κ2) is 10.1. The monoisotopic (exact) mass is 418 g/mol. The van der Waals surface area contributed by atoms with Crippen LogP contribution in [0.3, 0.4) is 0 Å². The van der Waals surface area contributed by atoms with E-state index in [1.165, 1.54) is 11.3 Å². The van der Waals surface area contributed by atoms with Gasteiger partial charge in [0.05, 0.1) is 0 Å². The highest BCUT2D eigenvalue weighted by Crippen LogP contribution is 2.37. The Morgan fingerprint density at radius 1 is 1.24 bits per heavy atom. The van der Waals surface area contributed by atoms with E-state index in [1.54, 1.807) is 12.2 Å². The van der Waals surface area contributed by atoms with Crippen LogP contribution in [0.25, 0.3) is 10.1 Å². The summed E-state index contributed by atoms with van der Waals surface area (Å²) in [5, 5.41) is 20.2. The van der Waals surface area contributed by atoms with Crippen LogP contribution >= 0.6 is 11.3 Å². The van der Waals surface area contributed by atoms with Crippen LogP contribution in [0.1, 0.15) is 55.9 Å². The number of aliphatic hydroxyl groups is 1. The minimum absolute atomic E-state index is 0.0579. The number of aliphatic hydroxyl groups excluding tert-OH is 1. The summed E-state index contributed by atoms with van der Waals surface area (Å²) in [6.45, 7) is 0. The first-order chi connectivity index (χ1) is 14.0. The molecule has 0 radical (unpaired) electrons. The molecular weight excluding hydrogens is 391 g/mol. The summed E-state index contributed by atoms with van der Waals surface area (Å²) in [5.74, 6) is -1.74. The zero-order valence-electron chi connectivity index (χ0n) is 16.3. The molecule has 156 valence electrons. The van der Waals surface area contributed by atoms with E-state index in [-0.39, 0.29) is 24.5 Å². The number of fused-ring (bicyclic) bond motifs is 1. The zero-order chi connectivity index (χ0) is 20.8. The van der Waals surface area contributed by atoms with Crippen molar-refractivity contribution in [2.24, 2.45) is 11.8 Å². The fourth-order valence-electron chi connectivity index (χ4n) is 4.03. The summed E-state index contributed by atoms with van der Waals surface area (Å²) >= 11 is 1.51. The van der Waals surface area contributed by atoms with Crippen molar-refractivity contribution < 1.29 is 24.2 Å². The number of carbonyl (C=O) groups is 2. The number of allylic oxidation sites excluding steroid dienone is 1. The lowest BCUT2D eigenvalue weighted by Crippen LogP contribution is -2.17. The molecule has 1 heterocycles. The number of benzene rings is 1. The van der Waals surface area contributed by atoms with Crippen LogP contribution in [0.15, 0.2) is 42.5 Å². The molecule has 0 saturated heterocycles. The number of Topliss-reactive ketones (excluding diaryl/α,β-unsaturated/α-hetero) is 1. The Hall–Kier alpha value is -2.05. The highest BCUT2D eigenvalue weighted by atomic mass is 32.1. The molecule has 2 N–H and O–H groups in total. The molecule has 1 aliphatic carbocycles. The average molecular weight is 419 g/mol. The molecule has 1 fully saturated rings. The first kappa shape index (κ1) is 21.7. The number of carbonyl (C=O) groups excluding carboxylic acids is 1. The number of thiophene rings is 1. The lowest BCUT2D eigenvalue weighted by atomic mass is 9.88. The molecule has 1 saturated carbocycles. The maximum absolute atomic E-state index is 14.4. The van der Waals surface area contributed by atoms with E-state index >= 15 is 0 Å². The van der Waals surface area contributed by atoms with Gasteiger partial charge in [-0.05, 0) is 30.4 Å². The Balaban J connectivity index is 1.56. The van der Waals surface area contributed by atoms with Crippen LogP contribution in [-0.2, 0) is 9.59 Å². The predicted molar refractivity (Wildman–Crippen MR) is 113 cm³/mol. The lowest BCUT2D eigenvalue weighted by Gasteiger charge is -2.17. The van der Waals surface area contributed by atoms with E-state index in [0.717, 1.165) is 34.2 Å². The van der Waals surface area contributed by atoms with E-state index < -0.39 is 24.2 Å². The number of aliphatic carboxylic acids is 1. The minimum atomic E-state index is -1.14.